The molecule has 66 valence electrons. The quantitative estimate of drug-likeness (QED) is 0.354. The van der Waals surface area contributed by atoms with Gasteiger partial charge < -0.3 is 17.8 Å². The Hall–Kier alpha value is 0.900. The maximum atomic E-state index is 10.1. The van der Waals surface area contributed by atoms with Crippen LogP contribution in [-0.2, 0) is 14.3 Å². The van der Waals surface area contributed by atoms with E-state index in [-0.39, 0.29) is 87.0 Å². The Balaban J connectivity index is -0.000000151. The molecule has 2 N–H and O–H groups in total. The smallest absolute Gasteiger partial charge is 1.00 e. The standard InChI is InChI=1S/C6H8O5.2Na.2H/c7-5(8)1-3-4(11-3)2-6(9)10;;;;/h3-4H,1-2H2,(H,7,8)(H,9,10);;;;/q;2*+1;2*-1. The first-order chi connectivity index (χ1) is 5.09. The normalized spacial score (nSPS) is 23.7. The average Bonchev–Trinajstić information content (AvgIpc) is 2.43. The maximum Gasteiger partial charge on any atom is 1.00 e. The van der Waals surface area contributed by atoms with Crippen molar-refractivity contribution in [3.8, 4) is 0 Å². The third kappa shape index (κ3) is 6.90. The molecule has 0 radical (unpaired) electrons. The fourth-order valence-electron chi connectivity index (χ4n) is 0.882. The zero-order valence-electron chi connectivity index (χ0n) is 9.69. The molecule has 1 heterocycles. The van der Waals surface area contributed by atoms with E-state index < -0.39 is 11.9 Å². The number of carboxylic acid groups (broad SMARTS) is 2. The van der Waals surface area contributed by atoms with E-state index in [0.29, 0.717) is 0 Å². The molecular weight excluding hydrogens is 198 g/mol. The Kier molecular flexibility index (Phi) is 9.08. The van der Waals surface area contributed by atoms with Gasteiger partial charge in [0.15, 0.2) is 0 Å². The Bertz CT molecular complexity index is 184. The summed E-state index contributed by atoms with van der Waals surface area (Å²) in [6, 6.07) is 0. The van der Waals surface area contributed by atoms with Crippen molar-refractivity contribution < 1.29 is 86.5 Å². The van der Waals surface area contributed by atoms with Gasteiger partial charge in [-0.25, -0.2) is 0 Å². The van der Waals surface area contributed by atoms with Crippen molar-refractivity contribution in [1.29, 1.82) is 0 Å². The fraction of sp³-hybridized carbons (Fsp3) is 0.667. The van der Waals surface area contributed by atoms with E-state index in [1.165, 1.54) is 0 Å². The van der Waals surface area contributed by atoms with E-state index in [0.717, 1.165) is 0 Å². The number of epoxide rings is 1. The monoisotopic (exact) mass is 208 g/mol. The van der Waals surface area contributed by atoms with Crippen molar-refractivity contribution in [2.45, 2.75) is 25.0 Å². The van der Waals surface area contributed by atoms with Crippen LogP contribution in [0.5, 0.6) is 0 Å². The largest absolute Gasteiger partial charge is 1.00 e. The average molecular weight is 208 g/mol. The van der Waals surface area contributed by atoms with Gasteiger partial charge in [-0.05, 0) is 0 Å². The number of carbonyl (C=O) groups is 2. The van der Waals surface area contributed by atoms with Crippen LogP contribution >= 0.6 is 0 Å². The second-order valence-corrected chi connectivity index (χ2v) is 2.41. The van der Waals surface area contributed by atoms with Gasteiger partial charge in [0.2, 0.25) is 0 Å². The van der Waals surface area contributed by atoms with Gasteiger partial charge in [-0.1, -0.05) is 0 Å². The first kappa shape index (κ1) is 16.3. The zero-order valence-corrected chi connectivity index (χ0v) is 11.7. The van der Waals surface area contributed by atoms with Crippen LogP contribution in [0.25, 0.3) is 0 Å². The number of hydrogen-bond acceptors (Lipinski definition) is 3. The number of carboxylic acids is 2. The van der Waals surface area contributed by atoms with Crippen LogP contribution in [0.3, 0.4) is 0 Å². The van der Waals surface area contributed by atoms with Crippen molar-refractivity contribution in [2.75, 3.05) is 0 Å². The predicted octanol–water partition coefficient (Wildman–Crippen LogP) is -6.06. The van der Waals surface area contributed by atoms with E-state index in [2.05, 4.69) is 0 Å². The second kappa shape index (κ2) is 7.23. The van der Waals surface area contributed by atoms with Gasteiger partial charge in [-0.15, -0.1) is 0 Å². The molecule has 0 saturated carbocycles. The summed E-state index contributed by atoms with van der Waals surface area (Å²) in [5, 5.41) is 16.5. The van der Waals surface area contributed by atoms with Gasteiger partial charge in [0.05, 0.1) is 25.0 Å². The Morgan fingerprint density at radius 3 is 1.62 bits per heavy atom. The molecule has 2 atom stereocenters. The molecule has 5 nitrogen and oxygen atoms in total. The molecule has 13 heavy (non-hydrogen) atoms. The van der Waals surface area contributed by atoms with E-state index in [1.807, 2.05) is 0 Å². The zero-order chi connectivity index (χ0) is 8.43. The van der Waals surface area contributed by atoms with Crippen LogP contribution in [0.15, 0.2) is 0 Å². The summed E-state index contributed by atoms with van der Waals surface area (Å²) in [5.74, 6) is -1.91. The summed E-state index contributed by atoms with van der Waals surface area (Å²) >= 11 is 0. The second-order valence-electron chi connectivity index (χ2n) is 2.41. The Morgan fingerprint density at radius 2 is 1.38 bits per heavy atom. The van der Waals surface area contributed by atoms with E-state index in [9.17, 15) is 9.59 Å². The molecule has 0 aromatic heterocycles. The first-order valence-corrected chi connectivity index (χ1v) is 3.18. The molecule has 2 unspecified atom stereocenters. The summed E-state index contributed by atoms with van der Waals surface area (Å²) in [6.07, 6.45) is -0.970. The van der Waals surface area contributed by atoms with E-state index >= 15 is 0 Å². The molecule has 1 saturated heterocycles. The van der Waals surface area contributed by atoms with Crippen molar-refractivity contribution in [2.24, 2.45) is 0 Å². The summed E-state index contributed by atoms with van der Waals surface area (Å²) in [7, 11) is 0. The number of aliphatic carboxylic acids is 2. The maximum absolute atomic E-state index is 10.1. The fourth-order valence-corrected chi connectivity index (χ4v) is 0.882. The molecule has 0 aromatic carbocycles. The van der Waals surface area contributed by atoms with Crippen molar-refractivity contribution in [1.82, 2.24) is 0 Å². The minimum Gasteiger partial charge on any atom is -1.00 e. The molecule has 0 amide bonds. The Morgan fingerprint density at radius 1 is 1.08 bits per heavy atom. The van der Waals surface area contributed by atoms with Crippen LogP contribution in [0.1, 0.15) is 15.7 Å². The molecule has 7 heteroatoms. The van der Waals surface area contributed by atoms with Gasteiger partial charge >= 0.3 is 71.1 Å². The van der Waals surface area contributed by atoms with Crippen LogP contribution in [0.2, 0.25) is 0 Å². The minimum atomic E-state index is -0.956. The summed E-state index contributed by atoms with van der Waals surface area (Å²) in [6.45, 7) is 0. The predicted molar refractivity (Wildman–Crippen MR) is 35.4 cm³/mol. The van der Waals surface area contributed by atoms with Crippen LogP contribution in [0, 0.1) is 0 Å². The molecule has 0 aromatic rings. The summed E-state index contributed by atoms with van der Waals surface area (Å²) < 4.78 is 4.78. The van der Waals surface area contributed by atoms with Crippen molar-refractivity contribution in [3.63, 3.8) is 0 Å². The van der Waals surface area contributed by atoms with Gasteiger partial charge in [0.1, 0.15) is 0 Å². The number of ether oxygens (including phenoxy) is 1. The van der Waals surface area contributed by atoms with Gasteiger partial charge in [-0.2, -0.15) is 0 Å². The van der Waals surface area contributed by atoms with E-state index in [4.69, 9.17) is 14.9 Å². The molecule has 1 aliphatic rings. The van der Waals surface area contributed by atoms with Gasteiger partial charge in [0, 0.05) is 0 Å². The first-order valence-electron chi connectivity index (χ1n) is 3.18. The molecule has 1 fully saturated rings. The van der Waals surface area contributed by atoms with Gasteiger partial charge in [-0.3, -0.25) is 9.59 Å². The summed E-state index contributed by atoms with van der Waals surface area (Å²) in [4.78, 5) is 20.1. The Labute approximate surface area is 122 Å². The summed E-state index contributed by atoms with van der Waals surface area (Å²) in [5.41, 5.74) is 0. The van der Waals surface area contributed by atoms with E-state index in [1.54, 1.807) is 0 Å². The molecule has 1 rings (SSSR count). The van der Waals surface area contributed by atoms with Crippen LogP contribution in [0.4, 0.5) is 0 Å². The SMILES string of the molecule is O=C(O)CC1OC1CC(=O)O.[H-].[H-].[Na+].[Na+]. The van der Waals surface area contributed by atoms with Crippen molar-refractivity contribution >= 4 is 11.9 Å². The van der Waals surface area contributed by atoms with Crippen LogP contribution < -0.4 is 59.1 Å². The molecule has 0 spiro atoms. The molecule has 1 aliphatic heterocycles. The van der Waals surface area contributed by atoms with Crippen molar-refractivity contribution in [3.05, 3.63) is 0 Å². The molecular formula is C6H10Na2O5. The molecule has 0 aliphatic carbocycles. The topological polar surface area (TPSA) is 87.1 Å². The number of rotatable bonds is 4. The third-order valence-electron chi connectivity index (χ3n) is 1.44. The minimum absolute atomic E-state index is 0. The van der Waals surface area contributed by atoms with Gasteiger partial charge in [0.25, 0.3) is 0 Å². The number of hydrogen-bond donors (Lipinski definition) is 2. The third-order valence-corrected chi connectivity index (χ3v) is 1.44. The van der Waals surface area contributed by atoms with Crippen LogP contribution in [-0.4, -0.2) is 34.4 Å². The molecule has 0 bridgehead atoms.